The number of hydrogen-bond acceptors (Lipinski definition) is 7. The van der Waals surface area contributed by atoms with Gasteiger partial charge in [-0.1, -0.05) is 0 Å². The van der Waals surface area contributed by atoms with Crippen molar-refractivity contribution < 1.29 is 19.2 Å². The van der Waals surface area contributed by atoms with E-state index in [2.05, 4.69) is 16.5 Å². The van der Waals surface area contributed by atoms with Crippen molar-refractivity contribution in [3.8, 4) is 11.8 Å². The van der Waals surface area contributed by atoms with Crippen molar-refractivity contribution in [2.24, 2.45) is 11.7 Å². The van der Waals surface area contributed by atoms with Crippen LogP contribution in [0.3, 0.4) is 0 Å². The van der Waals surface area contributed by atoms with E-state index in [1.165, 1.54) is 0 Å². The predicted octanol–water partition coefficient (Wildman–Crippen LogP) is 2.34. The van der Waals surface area contributed by atoms with E-state index >= 15 is 0 Å². The molecule has 0 spiro atoms. The molecule has 3 heterocycles. The van der Waals surface area contributed by atoms with Gasteiger partial charge < -0.3 is 25.5 Å². The van der Waals surface area contributed by atoms with Crippen LogP contribution in [-0.2, 0) is 4.74 Å². The molecule has 2 aliphatic heterocycles. The Bertz CT molecular complexity index is 1120. The molecular weight excluding hydrogens is 397 g/mol. The molecule has 1 saturated heterocycles. The number of benzene rings is 1. The lowest BCUT2D eigenvalue weighted by Gasteiger charge is -2.27. The first-order valence-corrected chi connectivity index (χ1v) is 10.1. The smallest absolute Gasteiger partial charge is 0.532 e. The van der Waals surface area contributed by atoms with Crippen molar-refractivity contribution in [1.82, 2.24) is 9.78 Å². The van der Waals surface area contributed by atoms with Gasteiger partial charge in [-0.05, 0) is 55.9 Å². The molecule has 4 N–H and O–H groups in total. The quantitative estimate of drug-likeness (QED) is 0.645. The van der Waals surface area contributed by atoms with E-state index in [-0.39, 0.29) is 17.5 Å². The van der Waals surface area contributed by atoms with Crippen LogP contribution in [0.2, 0.25) is 0 Å². The van der Waals surface area contributed by atoms with Crippen molar-refractivity contribution in [2.45, 2.75) is 33.2 Å². The first-order valence-electron chi connectivity index (χ1n) is 10.1. The summed E-state index contributed by atoms with van der Waals surface area (Å²) in [5.74, 6) is 0.0573. The topological polar surface area (TPSA) is 135 Å². The fourth-order valence-electron chi connectivity index (χ4n) is 3.98. The molecular formula is C21H24BN5O4. The summed E-state index contributed by atoms with van der Waals surface area (Å²) in [6, 6.07) is 5.75. The Balaban J connectivity index is 1.71. The number of primary amides is 1. The highest BCUT2D eigenvalue weighted by molar-refractivity contribution is 6.55. The molecule has 2 aliphatic rings. The molecule has 1 fully saturated rings. The van der Waals surface area contributed by atoms with Gasteiger partial charge in [0.1, 0.15) is 11.3 Å². The number of carbonyl (C=O) groups is 1. The summed E-state index contributed by atoms with van der Waals surface area (Å²) >= 11 is 0. The fourth-order valence-corrected chi connectivity index (χ4v) is 3.98. The Morgan fingerprint density at radius 2 is 2.19 bits per heavy atom. The average molecular weight is 421 g/mol. The number of anilines is 2. The summed E-state index contributed by atoms with van der Waals surface area (Å²) in [4.78, 5) is 12.1. The number of nitrogens with one attached hydrogen (secondary N) is 1. The maximum atomic E-state index is 12.1. The highest BCUT2D eigenvalue weighted by atomic mass is 16.5. The van der Waals surface area contributed by atoms with Crippen molar-refractivity contribution in [2.75, 3.05) is 18.5 Å². The molecule has 4 rings (SSSR count). The molecule has 1 amide bonds. The number of ether oxygens (including phenoxy) is 1. The summed E-state index contributed by atoms with van der Waals surface area (Å²) in [5, 5.41) is 27.3. The molecule has 160 valence electrons. The van der Waals surface area contributed by atoms with Crippen LogP contribution >= 0.6 is 0 Å². The van der Waals surface area contributed by atoms with E-state index in [4.69, 9.17) is 15.1 Å². The first-order chi connectivity index (χ1) is 14.8. The van der Waals surface area contributed by atoms with E-state index in [9.17, 15) is 15.1 Å². The van der Waals surface area contributed by atoms with E-state index in [1.807, 2.05) is 32.9 Å². The highest BCUT2D eigenvalue weighted by Crippen LogP contribution is 2.39. The molecule has 0 saturated carbocycles. The summed E-state index contributed by atoms with van der Waals surface area (Å²) in [7, 11) is -0.965. The largest absolute Gasteiger partial charge is 0.555 e. The van der Waals surface area contributed by atoms with Gasteiger partial charge in [0.15, 0.2) is 5.82 Å². The van der Waals surface area contributed by atoms with Crippen LogP contribution in [0.4, 0.5) is 11.5 Å². The minimum absolute atomic E-state index is 0.229. The Labute approximate surface area is 180 Å². The summed E-state index contributed by atoms with van der Waals surface area (Å²) < 4.78 is 12.8. The van der Waals surface area contributed by atoms with E-state index in [0.717, 1.165) is 22.2 Å². The normalized spacial score (nSPS) is 20.7. The molecule has 2 aromatic rings. The number of allylic oxidation sites excluding steroid dienone is 2. The summed E-state index contributed by atoms with van der Waals surface area (Å²) in [6.45, 7) is 6.51. The third-order valence-electron chi connectivity index (χ3n) is 5.96. The zero-order valence-corrected chi connectivity index (χ0v) is 17.7. The van der Waals surface area contributed by atoms with Crippen LogP contribution in [-0.4, -0.2) is 41.0 Å². The average Bonchev–Trinajstić information content (AvgIpc) is 3.17. The summed E-state index contributed by atoms with van der Waals surface area (Å²) in [5.41, 5.74) is 9.88. The van der Waals surface area contributed by atoms with E-state index in [1.54, 1.807) is 10.9 Å². The van der Waals surface area contributed by atoms with Gasteiger partial charge in [-0.25, -0.2) is 0 Å². The number of nitrogens with zero attached hydrogens (tertiary/aromatic N) is 3. The van der Waals surface area contributed by atoms with Crippen LogP contribution in [0.25, 0.3) is 5.57 Å². The lowest BCUT2D eigenvalue weighted by molar-refractivity contribution is 0.0342. The molecule has 0 aliphatic carbocycles. The number of nitrogens with two attached hydrogens (primary N) is 1. The molecule has 2 atom stereocenters. The predicted molar refractivity (Wildman–Crippen MR) is 116 cm³/mol. The van der Waals surface area contributed by atoms with Gasteiger partial charge >= 0.3 is 7.12 Å². The lowest BCUT2D eigenvalue weighted by Crippen LogP contribution is -2.29. The fraction of sp³-hybridized carbons (Fsp3) is 0.381. The maximum Gasteiger partial charge on any atom is 0.555 e. The molecule has 10 heteroatoms. The number of carbonyl (C=O) groups excluding carboxylic acids is 1. The van der Waals surface area contributed by atoms with Crippen molar-refractivity contribution in [1.29, 1.82) is 5.26 Å². The molecule has 1 aromatic heterocycles. The Morgan fingerprint density at radius 1 is 1.42 bits per heavy atom. The van der Waals surface area contributed by atoms with Gasteiger partial charge in [0, 0.05) is 24.1 Å². The number of aryl methyl sites for hydroxylation is 1. The van der Waals surface area contributed by atoms with E-state index < -0.39 is 13.0 Å². The number of hydrogen-bond donors (Lipinski definition) is 3. The minimum Gasteiger partial charge on any atom is -0.532 e. The summed E-state index contributed by atoms with van der Waals surface area (Å²) in [6.07, 6.45) is 2.17. The molecule has 9 nitrogen and oxygen atoms in total. The van der Waals surface area contributed by atoms with Gasteiger partial charge in [-0.2, -0.15) is 10.4 Å². The van der Waals surface area contributed by atoms with E-state index in [0.29, 0.717) is 36.9 Å². The standard InChI is InChI=1S/C21H24BN5O4/c1-11-6-15(7-16-12(2)13(3)22(29)31-19(11)16)25-21-17(20(24)28)9-27(26-21)18-10-30-5-4-14(18)8-23/h6-7,9,14,18,29H,4-5,10H2,1-3H3,(H2,24,28)(H,25,26)/t14-,18+/m1/s1. The number of aromatic nitrogens is 2. The van der Waals surface area contributed by atoms with Gasteiger partial charge in [0.25, 0.3) is 5.91 Å². The highest BCUT2D eigenvalue weighted by Gasteiger charge is 2.31. The minimum atomic E-state index is -0.965. The Morgan fingerprint density at radius 3 is 2.90 bits per heavy atom. The van der Waals surface area contributed by atoms with Crippen molar-refractivity contribution in [3.05, 3.63) is 40.5 Å². The molecule has 0 bridgehead atoms. The van der Waals surface area contributed by atoms with Crippen molar-refractivity contribution >= 4 is 30.1 Å². The Hall–Kier alpha value is -3.29. The SMILES string of the molecule is CC1=C(C)c2cc(Nc3nn([C@H]4COCC[C@@H]4C#N)cc3C(N)=O)cc(C)c2OB1O. The van der Waals surface area contributed by atoms with Crippen molar-refractivity contribution in [3.63, 3.8) is 0 Å². The van der Waals surface area contributed by atoms with Crippen LogP contribution < -0.4 is 15.7 Å². The van der Waals surface area contributed by atoms with Crippen LogP contribution in [0.1, 0.15) is 47.8 Å². The second kappa shape index (κ2) is 8.09. The van der Waals surface area contributed by atoms with Gasteiger partial charge in [-0.15, -0.1) is 0 Å². The second-order valence-corrected chi connectivity index (χ2v) is 7.98. The molecule has 0 radical (unpaired) electrons. The molecule has 31 heavy (non-hydrogen) atoms. The third kappa shape index (κ3) is 3.78. The second-order valence-electron chi connectivity index (χ2n) is 7.98. The first kappa shape index (κ1) is 21.0. The van der Waals surface area contributed by atoms with Crippen LogP contribution in [0, 0.1) is 24.2 Å². The van der Waals surface area contributed by atoms with Gasteiger partial charge in [0.05, 0.1) is 24.6 Å². The number of nitriles is 1. The molecule has 0 unspecified atom stereocenters. The zero-order chi connectivity index (χ0) is 22.3. The zero-order valence-electron chi connectivity index (χ0n) is 17.7. The Kier molecular flexibility index (Phi) is 5.47. The van der Waals surface area contributed by atoms with Gasteiger partial charge in [-0.3, -0.25) is 9.48 Å². The monoisotopic (exact) mass is 421 g/mol. The number of amides is 1. The number of fused-ring (bicyclic) bond motifs is 1. The van der Waals surface area contributed by atoms with Gasteiger partial charge in [0.2, 0.25) is 0 Å². The molecule has 1 aromatic carbocycles. The van der Waals surface area contributed by atoms with Crippen LogP contribution in [0.15, 0.2) is 23.8 Å². The van der Waals surface area contributed by atoms with Crippen LogP contribution in [0.5, 0.6) is 5.75 Å². The maximum absolute atomic E-state index is 12.1. The number of rotatable bonds is 4. The lowest BCUT2D eigenvalue weighted by atomic mass is 9.73. The third-order valence-corrected chi connectivity index (χ3v) is 5.96.